The van der Waals surface area contributed by atoms with Crippen molar-refractivity contribution < 1.29 is 18.9 Å². The van der Waals surface area contributed by atoms with Gasteiger partial charge in [0.25, 0.3) is 11.6 Å². The Hall–Kier alpha value is -3.13. The largest absolute Gasteiger partial charge is 0.497 e. The second-order valence-corrected chi connectivity index (χ2v) is 6.83. The molecule has 0 radical (unpaired) electrons. The van der Waals surface area contributed by atoms with Gasteiger partial charge in [-0.05, 0) is 54.4 Å². The molecule has 0 aliphatic rings. The minimum Gasteiger partial charge on any atom is -0.497 e. The SMILES string of the molecule is CCc1cc(Br)ccc1NC(=O)c1ccc(-c2ccc(OC)cc2[N+](=O)[O-])o1. The van der Waals surface area contributed by atoms with Gasteiger partial charge in [0.15, 0.2) is 5.76 Å². The van der Waals surface area contributed by atoms with Gasteiger partial charge in [-0.25, -0.2) is 0 Å². The third-order valence-corrected chi connectivity index (χ3v) is 4.69. The van der Waals surface area contributed by atoms with Crippen molar-refractivity contribution in [3.63, 3.8) is 0 Å². The van der Waals surface area contributed by atoms with E-state index in [-0.39, 0.29) is 22.8 Å². The standard InChI is InChI=1S/C20H17BrN2O5/c1-3-12-10-13(21)4-7-16(12)22-20(24)19-9-8-18(28-19)15-6-5-14(27-2)11-17(15)23(25)26/h4-11H,3H2,1-2H3,(H,22,24). The first-order valence-electron chi connectivity index (χ1n) is 8.45. The maximum atomic E-state index is 12.6. The lowest BCUT2D eigenvalue weighted by atomic mass is 10.1. The Labute approximate surface area is 169 Å². The van der Waals surface area contributed by atoms with Gasteiger partial charge >= 0.3 is 0 Å². The number of methoxy groups -OCH3 is 1. The van der Waals surface area contributed by atoms with Crippen molar-refractivity contribution in [3.05, 3.63) is 74.4 Å². The molecular formula is C20H17BrN2O5. The fourth-order valence-electron chi connectivity index (χ4n) is 2.76. The molecule has 2 aromatic carbocycles. The van der Waals surface area contributed by atoms with Crippen LogP contribution in [-0.2, 0) is 6.42 Å². The predicted molar refractivity (Wildman–Crippen MR) is 109 cm³/mol. The van der Waals surface area contributed by atoms with E-state index in [0.717, 1.165) is 16.5 Å². The molecule has 0 spiro atoms. The van der Waals surface area contributed by atoms with Crippen LogP contribution in [0.2, 0.25) is 0 Å². The summed E-state index contributed by atoms with van der Waals surface area (Å²) in [7, 11) is 1.43. The molecule has 8 heteroatoms. The number of halogens is 1. The van der Waals surface area contributed by atoms with Gasteiger partial charge in [0, 0.05) is 10.2 Å². The Morgan fingerprint density at radius 3 is 2.68 bits per heavy atom. The van der Waals surface area contributed by atoms with Crippen LogP contribution in [0.25, 0.3) is 11.3 Å². The Morgan fingerprint density at radius 1 is 1.21 bits per heavy atom. The maximum absolute atomic E-state index is 12.6. The summed E-state index contributed by atoms with van der Waals surface area (Å²) in [5.41, 5.74) is 1.76. The summed E-state index contributed by atoms with van der Waals surface area (Å²) in [5, 5.41) is 14.2. The van der Waals surface area contributed by atoms with E-state index in [4.69, 9.17) is 9.15 Å². The number of ether oxygens (including phenoxy) is 1. The molecule has 0 aliphatic heterocycles. The number of benzene rings is 2. The molecule has 7 nitrogen and oxygen atoms in total. The van der Waals surface area contributed by atoms with Crippen molar-refractivity contribution in [3.8, 4) is 17.1 Å². The molecule has 0 unspecified atom stereocenters. The number of furan rings is 1. The van der Waals surface area contributed by atoms with Crippen LogP contribution >= 0.6 is 15.9 Å². The first-order chi connectivity index (χ1) is 13.4. The summed E-state index contributed by atoms with van der Waals surface area (Å²) in [6, 6.07) is 13.0. The smallest absolute Gasteiger partial charge is 0.291 e. The van der Waals surface area contributed by atoms with Gasteiger partial charge in [0.1, 0.15) is 11.5 Å². The average molecular weight is 445 g/mol. The Kier molecular flexibility index (Phi) is 5.79. The molecule has 144 valence electrons. The van der Waals surface area contributed by atoms with Crippen LogP contribution in [0, 0.1) is 10.1 Å². The summed E-state index contributed by atoms with van der Waals surface area (Å²) in [6.45, 7) is 1.99. The normalized spacial score (nSPS) is 10.5. The third-order valence-electron chi connectivity index (χ3n) is 4.19. The van der Waals surface area contributed by atoms with Gasteiger partial charge in [-0.2, -0.15) is 0 Å². The van der Waals surface area contributed by atoms with E-state index in [2.05, 4.69) is 21.2 Å². The molecule has 0 saturated carbocycles. The summed E-state index contributed by atoms with van der Waals surface area (Å²) in [4.78, 5) is 23.4. The number of hydrogen-bond donors (Lipinski definition) is 1. The highest BCUT2D eigenvalue weighted by molar-refractivity contribution is 9.10. The van der Waals surface area contributed by atoms with E-state index in [0.29, 0.717) is 11.4 Å². The third kappa shape index (κ3) is 4.07. The van der Waals surface area contributed by atoms with Gasteiger partial charge in [0.2, 0.25) is 0 Å². The highest BCUT2D eigenvalue weighted by atomic mass is 79.9. The monoisotopic (exact) mass is 444 g/mol. The van der Waals surface area contributed by atoms with Crippen molar-refractivity contribution in [1.82, 2.24) is 0 Å². The minimum absolute atomic E-state index is 0.0603. The number of anilines is 1. The molecule has 3 aromatic rings. The van der Waals surface area contributed by atoms with Crippen molar-refractivity contribution in [2.75, 3.05) is 12.4 Å². The number of nitro groups is 1. The fourth-order valence-corrected chi connectivity index (χ4v) is 3.17. The van der Waals surface area contributed by atoms with Crippen LogP contribution in [0.5, 0.6) is 5.75 Å². The molecule has 1 amide bonds. The predicted octanol–water partition coefficient (Wildman–Crippen LogP) is 5.44. The number of nitro benzene ring substituents is 1. The molecule has 0 atom stereocenters. The summed E-state index contributed by atoms with van der Waals surface area (Å²) in [6.07, 6.45) is 0.747. The van der Waals surface area contributed by atoms with Crippen LogP contribution in [0.15, 0.2) is 57.4 Å². The lowest BCUT2D eigenvalue weighted by Crippen LogP contribution is -2.12. The highest BCUT2D eigenvalue weighted by Crippen LogP contribution is 2.34. The molecule has 28 heavy (non-hydrogen) atoms. The van der Waals surface area contributed by atoms with E-state index in [9.17, 15) is 14.9 Å². The van der Waals surface area contributed by atoms with Gasteiger partial charge in [-0.3, -0.25) is 14.9 Å². The zero-order chi connectivity index (χ0) is 20.3. The molecule has 1 aromatic heterocycles. The van der Waals surface area contributed by atoms with Crippen molar-refractivity contribution in [2.45, 2.75) is 13.3 Å². The first kappa shape index (κ1) is 19.6. The molecule has 0 saturated heterocycles. The minimum atomic E-state index is -0.518. The number of amides is 1. The molecular weight excluding hydrogens is 428 g/mol. The van der Waals surface area contributed by atoms with Crippen LogP contribution in [0.1, 0.15) is 23.0 Å². The second-order valence-electron chi connectivity index (χ2n) is 5.91. The highest BCUT2D eigenvalue weighted by Gasteiger charge is 2.21. The molecule has 1 N–H and O–H groups in total. The summed E-state index contributed by atoms with van der Waals surface area (Å²) >= 11 is 3.41. The number of rotatable bonds is 6. The molecule has 0 aliphatic carbocycles. The first-order valence-corrected chi connectivity index (χ1v) is 9.24. The fraction of sp³-hybridized carbons (Fsp3) is 0.150. The van der Waals surface area contributed by atoms with E-state index >= 15 is 0 Å². The Balaban J connectivity index is 1.89. The Morgan fingerprint density at radius 2 is 2.00 bits per heavy atom. The maximum Gasteiger partial charge on any atom is 0.291 e. The average Bonchev–Trinajstić information content (AvgIpc) is 3.18. The summed E-state index contributed by atoms with van der Waals surface area (Å²) < 4.78 is 11.6. The van der Waals surface area contributed by atoms with Crippen LogP contribution in [-0.4, -0.2) is 17.9 Å². The number of nitrogens with one attached hydrogen (secondary N) is 1. The zero-order valence-electron chi connectivity index (χ0n) is 15.2. The molecule has 0 bridgehead atoms. The van der Waals surface area contributed by atoms with E-state index in [1.165, 1.54) is 31.4 Å². The zero-order valence-corrected chi connectivity index (χ0v) is 16.8. The van der Waals surface area contributed by atoms with E-state index in [1.54, 1.807) is 12.1 Å². The number of carbonyl (C=O) groups is 1. The van der Waals surface area contributed by atoms with E-state index < -0.39 is 10.8 Å². The van der Waals surface area contributed by atoms with Gasteiger partial charge in [-0.1, -0.05) is 22.9 Å². The number of hydrogen-bond acceptors (Lipinski definition) is 5. The number of aryl methyl sites for hydroxylation is 1. The molecule has 1 heterocycles. The second kappa shape index (κ2) is 8.26. The number of carbonyl (C=O) groups excluding carboxylic acids is 1. The van der Waals surface area contributed by atoms with Crippen molar-refractivity contribution >= 4 is 33.2 Å². The van der Waals surface area contributed by atoms with Gasteiger partial charge < -0.3 is 14.5 Å². The summed E-state index contributed by atoms with van der Waals surface area (Å²) in [5.74, 6) is 0.220. The topological polar surface area (TPSA) is 94.6 Å². The van der Waals surface area contributed by atoms with Gasteiger partial charge in [-0.15, -0.1) is 0 Å². The quantitative estimate of drug-likeness (QED) is 0.403. The van der Waals surface area contributed by atoms with Crippen LogP contribution in [0.3, 0.4) is 0 Å². The van der Waals surface area contributed by atoms with Crippen molar-refractivity contribution in [1.29, 1.82) is 0 Å². The van der Waals surface area contributed by atoms with Crippen LogP contribution in [0.4, 0.5) is 11.4 Å². The molecule has 3 rings (SSSR count). The number of nitrogens with zero attached hydrogens (tertiary/aromatic N) is 1. The lowest BCUT2D eigenvalue weighted by Gasteiger charge is -2.09. The van der Waals surface area contributed by atoms with Crippen molar-refractivity contribution in [2.24, 2.45) is 0 Å². The van der Waals surface area contributed by atoms with Crippen LogP contribution < -0.4 is 10.1 Å². The molecule has 0 fully saturated rings. The lowest BCUT2D eigenvalue weighted by molar-refractivity contribution is -0.384. The Bertz CT molecular complexity index is 1040. The van der Waals surface area contributed by atoms with E-state index in [1.807, 2.05) is 19.1 Å². The van der Waals surface area contributed by atoms with Gasteiger partial charge in [0.05, 0.1) is 23.7 Å².